The predicted molar refractivity (Wildman–Crippen MR) is 41.7 cm³/mol. The lowest BCUT2D eigenvalue weighted by atomic mass is 10.3. The topological polar surface area (TPSA) is 36.7 Å². The fourth-order valence-corrected chi connectivity index (χ4v) is 1.10. The largest absolute Gasteiger partial charge is 0.228 e. The van der Waals surface area contributed by atoms with E-state index in [1.165, 1.54) is 0 Å². The highest BCUT2D eigenvalue weighted by Crippen LogP contribution is 2.15. The second-order valence-corrected chi connectivity index (χ2v) is 2.75. The third-order valence-corrected chi connectivity index (χ3v) is 1.66. The Balaban J connectivity index is 3.23. The molecule has 0 unspecified atom stereocenters. The first-order chi connectivity index (χ1) is 4.74. The van der Waals surface area contributed by atoms with Crippen LogP contribution >= 0.6 is 27.5 Å². The van der Waals surface area contributed by atoms with Crippen LogP contribution in [0.1, 0.15) is 5.56 Å². The van der Waals surface area contributed by atoms with Gasteiger partial charge in [-0.25, -0.2) is 4.98 Å². The highest BCUT2D eigenvalue weighted by atomic mass is 79.9. The third-order valence-electron chi connectivity index (χ3n) is 0.935. The molecule has 1 aromatic heterocycles. The van der Waals surface area contributed by atoms with Gasteiger partial charge in [-0.05, 0) is 28.1 Å². The zero-order valence-corrected chi connectivity index (χ0v) is 7.15. The Hall–Kier alpha value is -0.590. The minimum absolute atomic E-state index is 0.233. The van der Waals surface area contributed by atoms with Gasteiger partial charge in [-0.1, -0.05) is 11.6 Å². The van der Waals surface area contributed by atoms with Crippen molar-refractivity contribution in [2.75, 3.05) is 0 Å². The number of halogens is 2. The molecule has 0 aliphatic rings. The number of hydrogen-bond acceptors (Lipinski definition) is 2. The van der Waals surface area contributed by atoms with Gasteiger partial charge in [0, 0.05) is 0 Å². The highest BCUT2D eigenvalue weighted by Gasteiger charge is 1.98. The van der Waals surface area contributed by atoms with Crippen molar-refractivity contribution in [1.82, 2.24) is 4.98 Å². The molecule has 0 fully saturated rings. The van der Waals surface area contributed by atoms with Crippen LogP contribution in [0, 0.1) is 11.3 Å². The summed E-state index contributed by atoms with van der Waals surface area (Å²) in [6.45, 7) is 0. The van der Waals surface area contributed by atoms with Gasteiger partial charge in [0.1, 0.15) is 15.8 Å². The van der Waals surface area contributed by atoms with Crippen LogP contribution in [0.5, 0.6) is 0 Å². The maximum atomic E-state index is 8.42. The van der Waals surface area contributed by atoms with E-state index >= 15 is 0 Å². The molecule has 0 amide bonds. The van der Waals surface area contributed by atoms with Gasteiger partial charge in [0.2, 0.25) is 0 Å². The fraction of sp³-hybridized carbons (Fsp3) is 0. The SMILES string of the molecule is N#Cc1ccc(Br)nc1Cl. The standard InChI is InChI=1S/C6H2BrClN2/c7-5-2-1-4(3-9)6(8)10-5/h1-2H. The van der Waals surface area contributed by atoms with Crippen molar-refractivity contribution in [2.24, 2.45) is 0 Å². The molecule has 0 aliphatic carbocycles. The molecule has 10 heavy (non-hydrogen) atoms. The molecule has 0 saturated carbocycles. The molecule has 0 N–H and O–H groups in total. The molecule has 1 aromatic rings. The number of nitriles is 1. The van der Waals surface area contributed by atoms with Crippen LogP contribution in [0.3, 0.4) is 0 Å². The number of rotatable bonds is 0. The maximum absolute atomic E-state index is 8.42. The van der Waals surface area contributed by atoms with E-state index in [0.717, 1.165) is 0 Å². The van der Waals surface area contributed by atoms with Crippen molar-refractivity contribution in [3.63, 3.8) is 0 Å². The van der Waals surface area contributed by atoms with Crippen LogP contribution in [0.2, 0.25) is 5.15 Å². The van der Waals surface area contributed by atoms with Gasteiger partial charge in [-0.3, -0.25) is 0 Å². The minimum atomic E-state index is 0.233. The molecule has 50 valence electrons. The summed E-state index contributed by atoms with van der Waals surface area (Å²) in [5.41, 5.74) is 0.393. The monoisotopic (exact) mass is 216 g/mol. The molecular formula is C6H2BrClN2. The van der Waals surface area contributed by atoms with Crippen molar-refractivity contribution in [2.45, 2.75) is 0 Å². The van der Waals surface area contributed by atoms with Crippen molar-refractivity contribution >= 4 is 27.5 Å². The van der Waals surface area contributed by atoms with Crippen LogP contribution in [0.4, 0.5) is 0 Å². The molecule has 4 heteroatoms. The maximum Gasteiger partial charge on any atom is 0.148 e. The number of aromatic nitrogens is 1. The molecule has 0 radical (unpaired) electrons. The second-order valence-electron chi connectivity index (χ2n) is 1.58. The van der Waals surface area contributed by atoms with Crippen LogP contribution in [0.25, 0.3) is 0 Å². The van der Waals surface area contributed by atoms with E-state index in [1.807, 2.05) is 6.07 Å². The van der Waals surface area contributed by atoms with E-state index in [4.69, 9.17) is 16.9 Å². The number of hydrogen-bond donors (Lipinski definition) is 0. The smallest absolute Gasteiger partial charge is 0.148 e. The van der Waals surface area contributed by atoms with E-state index in [1.54, 1.807) is 12.1 Å². The van der Waals surface area contributed by atoms with Crippen molar-refractivity contribution < 1.29 is 0 Å². The summed E-state index contributed by atoms with van der Waals surface area (Å²) in [4.78, 5) is 3.80. The van der Waals surface area contributed by atoms with Gasteiger partial charge in [-0.15, -0.1) is 0 Å². The van der Waals surface area contributed by atoms with Gasteiger partial charge >= 0.3 is 0 Å². The summed E-state index contributed by atoms with van der Waals surface area (Å²) in [5, 5.41) is 8.65. The summed E-state index contributed by atoms with van der Waals surface area (Å²) in [7, 11) is 0. The summed E-state index contributed by atoms with van der Waals surface area (Å²) < 4.78 is 0.636. The Morgan fingerprint density at radius 1 is 1.60 bits per heavy atom. The third kappa shape index (κ3) is 1.47. The first-order valence-electron chi connectivity index (χ1n) is 2.46. The first kappa shape index (κ1) is 7.52. The molecule has 0 saturated heterocycles. The highest BCUT2D eigenvalue weighted by molar-refractivity contribution is 9.10. The van der Waals surface area contributed by atoms with E-state index < -0.39 is 0 Å². The lowest BCUT2D eigenvalue weighted by Gasteiger charge is -1.91. The van der Waals surface area contributed by atoms with Gasteiger partial charge < -0.3 is 0 Å². The lowest BCUT2D eigenvalue weighted by Crippen LogP contribution is -1.81. The molecule has 0 bridgehead atoms. The number of nitrogens with zero attached hydrogens (tertiary/aromatic N) is 2. The van der Waals surface area contributed by atoms with Crippen LogP contribution < -0.4 is 0 Å². The Kier molecular flexibility index (Phi) is 2.25. The van der Waals surface area contributed by atoms with E-state index in [0.29, 0.717) is 10.2 Å². The summed E-state index contributed by atoms with van der Waals surface area (Å²) in [5.74, 6) is 0. The van der Waals surface area contributed by atoms with Gasteiger partial charge in [0.25, 0.3) is 0 Å². The van der Waals surface area contributed by atoms with Crippen molar-refractivity contribution in [1.29, 1.82) is 5.26 Å². The molecule has 2 nitrogen and oxygen atoms in total. The zero-order valence-electron chi connectivity index (χ0n) is 4.81. The van der Waals surface area contributed by atoms with E-state index in [-0.39, 0.29) is 5.15 Å². The molecule has 0 atom stereocenters. The summed E-state index contributed by atoms with van der Waals surface area (Å²) in [6.07, 6.45) is 0. The normalized spacial score (nSPS) is 8.90. The van der Waals surface area contributed by atoms with Crippen LogP contribution in [-0.2, 0) is 0 Å². The minimum Gasteiger partial charge on any atom is -0.228 e. The molecule has 0 spiro atoms. The summed E-state index contributed by atoms with van der Waals surface area (Å²) in [6, 6.07) is 5.19. The van der Waals surface area contributed by atoms with Gasteiger partial charge in [0.15, 0.2) is 0 Å². The van der Waals surface area contributed by atoms with Crippen LogP contribution in [0.15, 0.2) is 16.7 Å². The predicted octanol–water partition coefficient (Wildman–Crippen LogP) is 2.37. The van der Waals surface area contributed by atoms with Gasteiger partial charge in [-0.2, -0.15) is 5.26 Å². The Morgan fingerprint density at radius 2 is 2.30 bits per heavy atom. The molecule has 0 aromatic carbocycles. The average molecular weight is 217 g/mol. The quantitative estimate of drug-likeness (QED) is 0.626. The van der Waals surface area contributed by atoms with E-state index in [2.05, 4.69) is 20.9 Å². The van der Waals surface area contributed by atoms with Crippen molar-refractivity contribution in [3.8, 4) is 6.07 Å². The molecular weight excluding hydrogens is 215 g/mol. The second kappa shape index (κ2) is 3.00. The zero-order chi connectivity index (χ0) is 7.56. The first-order valence-corrected chi connectivity index (χ1v) is 3.63. The van der Waals surface area contributed by atoms with Gasteiger partial charge in [0.05, 0.1) is 5.56 Å². The molecule has 1 heterocycles. The Labute approximate surface area is 71.6 Å². The van der Waals surface area contributed by atoms with E-state index in [9.17, 15) is 0 Å². The molecule has 1 rings (SSSR count). The van der Waals surface area contributed by atoms with Crippen LogP contribution in [-0.4, -0.2) is 4.98 Å². The molecule has 0 aliphatic heterocycles. The lowest BCUT2D eigenvalue weighted by molar-refractivity contribution is 1.26. The summed E-state index contributed by atoms with van der Waals surface area (Å²) >= 11 is 8.69. The Bertz CT molecular complexity index is 292. The van der Waals surface area contributed by atoms with Crippen molar-refractivity contribution in [3.05, 3.63) is 27.5 Å². The Morgan fingerprint density at radius 3 is 2.80 bits per heavy atom. The fourth-order valence-electron chi connectivity index (χ4n) is 0.496. The number of pyridine rings is 1. The average Bonchev–Trinajstić information content (AvgIpc) is 1.88.